The van der Waals surface area contributed by atoms with Crippen LogP contribution < -0.4 is 5.73 Å². The highest BCUT2D eigenvalue weighted by molar-refractivity contribution is 5.98. The Morgan fingerprint density at radius 2 is 1.70 bits per heavy atom. The summed E-state index contributed by atoms with van der Waals surface area (Å²) in [7, 11) is 0. The first kappa shape index (κ1) is 9.21. The number of nitrogens with two attached hydrogens (primary N) is 1. The molecule has 0 spiro atoms. The molecule has 0 aromatic carbocycles. The van der Waals surface area contributed by atoms with E-state index in [1.807, 2.05) is 27.7 Å². The predicted octanol–water partition coefficient (Wildman–Crippen LogP) is 1.91. The second-order valence-electron chi connectivity index (χ2n) is 2.88. The molecular weight excluding hydrogens is 124 g/mol. The number of rotatable bonds is 2. The average Bonchev–Trinajstić information content (AvgIpc) is 1.84. The third-order valence-electron chi connectivity index (χ3n) is 1.57. The Morgan fingerprint density at radius 3 is 1.80 bits per heavy atom. The van der Waals surface area contributed by atoms with E-state index in [0.29, 0.717) is 5.71 Å². The zero-order valence-corrected chi connectivity index (χ0v) is 7.15. The van der Waals surface area contributed by atoms with Gasteiger partial charge in [0.1, 0.15) is 0 Å². The van der Waals surface area contributed by atoms with Gasteiger partial charge in [0.05, 0.1) is 0 Å². The van der Waals surface area contributed by atoms with Crippen molar-refractivity contribution < 1.29 is 0 Å². The van der Waals surface area contributed by atoms with Gasteiger partial charge in [-0.3, -0.25) is 0 Å². The summed E-state index contributed by atoms with van der Waals surface area (Å²) >= 11 is 0. The van der Waals surface area contributed by atoms with Crippen molar-refractivity contribution in [3.05, 3.63) is 11.3 Å². The first-order valence-electron chi connectivity index (χ1n) is 3.48. The number of nitrogens with one attached hydrogen (secondary N) is 1. The van der Waals surface area contributed by atoms with E-state index in [1.54, 1.807) is 0 Å². The van der Waals surface area contributed by atoms with Gasteiger partial charge in [-0.05, 0) is 25.3 Å². The second kappa shape index (κ2) is 3.40. The van der Waals surface area contributed by atoms with Crippen LogP contribution in [-0.2, 0) is 0 Å². The third-order valence-corrected chi connectivity index (χ3v) is 1.57. The summed E-state index contributed by atoms with van der Waals surface area (Å²) in [4.78, 5) is 0. The highest BCUT2D eigenvalue weighted by atomic mass is 14.6. The molecule has 0 unspecified atom stereocenters. The Balaban J connectivity index is 4.38. The van der Waals surface area contributed by atoms with Gasteiger partial charge in [0.25, 0.3) is 0 Å². The Labute approximate surface area is 62.6 Å². The molecule has 0 aromatic heterocycles. The van der Waals surface area contributed by atoms with Crippen LogP contribution in [0.25, 0.3) is 0 Å². The monoisotopic (exact) mass is 140 g/mol. The van der Waals surface area contributed by atoms with Gasteiger partial charge in [-0.1, -0.05) is 13.8 Å². The Bertz CT molecular complexity index is 162. The molecule has 0 fully saturated rings. The topological polar surface area (TPSA) is 49.9 Å². The number of hydrogen-bond donors (Lipinski definition) is 2. The Hall–Kier alpha value is -0.790. The molecular formula is C8H16N2. The van der Waals surface area contributed by atoms with Crippen molar-refractivity contribution >= 4 is 5.71 Å². The van der Waals surface area contributed by atoms with E-state index in [-0.39, 0.29) is 5.92 Å². The van der Waals surface area contributed by atoms with Gasteiger partial charge >= 0.3 is 0 Å². The lowest BCUT2D eigenvalue weighted by molar-refractivity contribution is 0.871. The van der Waals surface area contributed by atoms with E-state index in [4.69, 9.17) is 11.1 Å². The van der Waals surface area contributed by atoms with Gasteiger partial charge in [-0.2, -0.15) is 0 Å². The lowest BCUT2D eigenvalue weighted by Crippen LogP contribution is -2.11. The van der Waals surface area contributed by atoms with Crippen LogP contribution in [0.15, 0.2) is 11.3 Å². The molecule has 2 heteroatoms. The fourth-order valence-corrected chi connectivity index (χ4v) is 0.645. The fraction of sp³-hybridized carbons (Fsp3) is 0.625. The maximum atomic E-state index is 7.54. The van der Waals surface area contributed by atoms with Crippen LogP contribution in [0.1, 0.15) is 27.7 Å². The molecule has 10 heavy (non-hydrogen) atoms. The van der Waals surface area contributed by atoms with E-state index in [0.717, 1.165) is 11.3 Å². The molecule has 3 N–H and O–H groups in total. The SMILES string of the molecule is C/C(N)=C(\C)C(=N)C(C)C. The van der Waals surface area contributed by atoms with Crippen molar-refractivity contribution in [2.75, 3.05) is 0 Å². The van der Waals surface area contributed by atoms with Crippen LogP contribution in [0, 0.1) is 11.3 Å². The van der Waals surface area contributed by atoms with Crippen LogP contribution in [-0.4, -0.2) is 5.71 Å². The highest BCUT2D eigenvalue weighted by Crippen LogP contribution is 2.06. The molecule has 0 radical (unpaired) electrons. The van der Waals surface area contributed by atoms with Crippen LogP contribution in [0.2, 0.25) is 0 Å². The average molecular weight is 140 g/mol. The molecule has 0 heterocycles. The van der Waals surface area contributed by atoms with Crippen molar-refractivity contribution in [3.63, 3.8) is 0 Å². The molecule has 0 saturated heterocycles. The van der Waals surface area contributed by atoms with Gasteiger partial charge < -0.3 is 11.1 Å². The third kappa shape index (κ3) is 2.21. The van der Waals surface area contributed by atoms with Gasteiger partial charge in [0.15, 0.2) is 0 Å². The number of allylic oxidation sites excluding steroid dienone is 2. The van der Waals surface area contributed by atoms with E-state index in [2.05, 4.69) is 0 Å². The Kier molecular flexibility index (Phi) is 3.13. The molecule has 0 bridgehead atoms. The normalized spacial score (nSPS) is 13.3. The maximum Gasteiger partial charge on any atom is 0.0385 e. The van der Waals surface area contributed by atoms with Crippen LogP contribution >= 0.6 is 0 Å². The quantitative estimate of drug-likeness (QED) is 0.565. The summed E-state index contributed by atoms with van der Waals surface area (Å²) in [5.41, 5.74) is 7.81. The van der Waals surface area contributed by atoms with E-state index in [9.17, 15) is 0 Å². The largest absolute Gasteiger partial charge is 0.402 e. The van der Waals surface area contributed by atoms with Crippen molar-refractivity contribution in [2.45, 2.75) is 27.7 Å². The fourth-order valence-electron chi connectivity index (χ4n) is 0.645. The second-order valence-corrected chi connectivity index (χ2v) is 2.88. The molecule has 0 atom stereocenters. The minimum Gasteiger partial charge on any atom is -0.402 e. The van der Waals surface area contributed by atoms with Gasteiger partial charge in [-0.15, -0.1) is 0 Å². The minimum absolute atomic E-state index is 0.276. The molecule has 2 nitrogen and oxygen atoms in total. The summed E-state index contributed by atoms with van der Waals surface area (Å²) in [6, 6.07) is 0. The van der Waals surface area contributed by atoms with Crippen molar-refractivity contribution in [1.82, 2.24) is 0 Å². The summed E-state index contributed by atoms with van der Waals surface area (Å²) < 4.78 is 0. The lowest BCUT2D eigenvalue weighted by atomic mass is 10.0. The summed E-state index contributed by atoms with van der Waals surface area (Å²) in [6.45, 7) is 7.70. The molecule has 58 valence electrons. The molecule has 0 amide bonds. The minimum atomic E-state index is 0.276. The molecule has 0 aliphatic carbocycles. The van der Waals surface area contributed by atoms with Gasteiger partial charge in [-0.25, -0.2) is 0 Å². The van der Waals surface area contributed by atoms with Crippen LogP contribution in [0.5, 0.6) is 0 Å². The molecule has 0 saturated carbocycles. The maximum absolute atomic E-state index is 7.54. The molecule has 0 rings (SSSR count). The van der Waals surface area contributed by atoms with Gasteiger partial charge in [0.2, 0.25) is 0 Å². The predicted molar refractivity (Wildman–Crippen MR) is 45.1 cm³/mol. The summed E-state index contributed by atoms with van der Waals surface area (Å²) in [5.74, 6) is 0.276. The smallest absolute Gasteiger partial charge is 0.0385 e. The zero-order chi connectivity index (χ0) is 8.31. The number of hydrogen-bond acceptors (Lipinski definition) is 2. The molecule has 0 aliphatic heterocycles. The summed E-state index contributed by atoms with van der Waals surface area (Å²) in [5, 5.41) is 7.54. The van der Waals surface area contributed by atoms with Gasteiger partial charge in [0, 0.05) is 11.4 Å². The molecule has 0 aliphatic rings. The van der Waals surface area contributed by atoms with Crippen molar-refractivity contribution in [2.24, 2.45) is 11.7 Å². The Morgan fingerprint density at radius 1 is 1.30 bits per heavy atom. The highest BCUT2D eigenvalue weighted by Gasteiger charge is 2.05. The van der Waals surface area contributed by atoms with Crippen molar-refractivity contribution in [3.8, 4) is 0 Å². The van der Waals surface area contributed by atoms with Crippen LogP contribution in [0.4, 0.5) is 0 Å². The first-order valence-corrected chi connectivity index (χ1v) is 3.48. The molecule has 0 aromatic rings. The van der Waals surface area contributed by atoms with E-state index in [1.165, 1.54) is 0 Å². The summed E-state index contributed by atoms with van der Waals surface area (Å²) in [6.07, 6.45) is 0. The van der Waals surface area contributed by atoms with E-state index >= 15 is 0 Å². The standard InChI is InChI=1S/C8H16N2/c1-5(2)8(10)6(3)7(4)9/h5,10H,9H2,1-4H3/b7-6-,10-8?. The first-order chi connectivity index (χ1) is 4.46. The van der Waals surface area contributed by atoms with Crippen LogP contribution in [0.3, 0.4) is 0 Å². The van der Waals surface area contributed by atoms with Crippen molar-refractivity contribution in [1.29, 1.82) is 5.41 Å². The van der Waals surface area contributed by atoms with E-state index < -0.39 is 0 Å². The zero-order valence-electron chi connectivity index (χ0n) is 7.15. The lowest BCUT2D eigenvalue weighted by Gasteiger charge is -2.08.